The van der Waals surface area contributed by atoms with Crippen molar-refractivity contribution in [2.75, 3.05) is 31.1 Å². The number of carbonyl (C=O) groups excluding carboxylic acids is 1. The zero-order chi connectivity index (χ0) is 14.6. The number of piperidine rings is 1. The number of carboxylic acid groups (broad SMARTS) is 1. The molecule has 0 saturated carbocycles. The molecule has 2 saturated heterocycles. The summed E-state index contributed by atoms with van der Waals surface area (Å²) >= 11 is 1.62. The van der Waals surface area contributed by atoms with Crippen molar-refractivity contribution < 1.29 is 14.7 Å². The van der Waals surface area contributed by atoms with Gasteiger partial charge in [0.2, 0.25) is 5.91 Å². The largest absolute Gasteiger partial charge is 0.480 e. The Morgan fingerprint density at radius 2 is 2.30 bits per heavy atom. The zero-order valence-electron chi connectivity index (χ0n) is 12.1. The zero-order valence-corrected chi connectivity index (χ0v) is 12.9. The van der Waals surface area contributed by atoms with Crippen LogP contribution in [0.5, 0.6) is 0 Å². The van der Waals surface area contributed by atoms with Gasteiger partial charge >= 0.3 is 5.97 Å². The van der Waals surface area contributed by atoms with E-state index in [0.29, 0.717) is 18.8 Å². The molecule has 2 unspecified atom stereocenters. The fraction of sp³-hybridized carbons (Fsp3) is 0.857. The summed E-state index contributed by atoms with van der Waals surface area (Å²) in [6.07, 6.45) is 3.66. The van der Waals surface area contributed by atoms with E-state index in [-0.39, 0.29) is 11.3 Å². The molecule has 1 amide bonds. The van der Waals surface area contributed by atoms with Gasteiger partial charge < -0.3 is 15.3 Å². The monoisotopic (exact) mass is 300 g/mol. The van der Waals surface area contributed by atoms with E-state index >= 15 is 0 Å². The summed E-state index contributed by atoms with van der Waals surface area (Å²) in [6.45, 7) is 4.29. The number of carboxylic acids is 1. The highest BCUT2D eigenvalue weighted by Gasteiger charge is 2.45. The Morgan fingerprint density at radius 1 is 1.50 bits per heavy atom. The lowest BCUT2D eigenvalue weighted by atomic mass is 9.75. The molecule has 0 spiro atoms. The first-order valence-electron chi connectivity index (χ1n) is 7.43. The predicted molar refractivity (Wildman–Crippen MR) is 79.9 cm³/mol. The third-order valence-electron chi connectivity index (χ3n) is 4.33. The van der Waals surface area contributed by atoms with Gasteiger partial charge in [0.1, 0.15) is 6.04 Å². The highest BCUT2D eigenvalue weighted by molar-refractivity contribution is 7.99. The van der Waals surface area contributed by atoms with E-state index in [9.17, 15) is 14.7 Å². The van der Waals surface area contributed by atoms with Crippen molar-refractivity contribution in [3.63, 3.8) is 0 Å². The highest BCUT2D eigenvalue weighted by Crippen LogP contribution is 2.35. The van der Waals surface area contributed by atoms with Crippen LogP contribution in [0.3, 0.4) is 0 Å². The van der Waals surface area contributed by atoms with Gasteiger partial charge in [-0.2, -0.15) is 11.8 Å². The lowest BCUT2D eigenvalue weighted by Gasteiger charge is -2.43. The Kier molecular flexibility index (Phi) is 5.32. The summed E-state index contributed by atoms with van der Waals surface area (Å²) < 4.78 is 0. The predicted octanol–water partition coefficient (Wildman–Crippen LogP) is 1.18. The van der Waals surface area contributed by atoms with Crippen LogP contribution < -0.4 is 5.32 Å². The van der Waals surface area contributed by atoms with Crippen molar-refractivity contribution in [3.05, 3.63) is 0 Å². The summed E-state index contributed by atoms with van der Waals surface area (Å²) in [7, 11) is 0. The van der Waals surface area contributed by atoms with Gasteiger partial charge in [0.25, 0.3) is 0 Å². The average molecular weight is 300 g/mol. The molecule has 0 radical (unpaired) electrons. The van der Waals surface area contributed by atoms with Crippen LogP contribution in [0.2, 0.25) is 0 Å². The first-order chi connectivity index (χ1) is 9.60. The normalized spacial score (nSPS) is 31.1. The molecule has 2 fully saturated rings. The number of carbonyl (C=O) groups is 2. The minimum atomic E-state index is -0.874. The molecule has 2 aliphatic heterocycles. The van der Waals surface area contributed by atoms with Gasteiger partial charge in [-0.1, -0.05) is 13.3 Å². The van der Waals surface area contributed by atoms with Crippen LogP contribution in [0.25, 0.3) is 0 Å². The second-order valence-corrected chi connectivity index (χ2v) is 6.89. The molecular weight excluding hydrogens is 276 g/mol. The van der Waals surface area contributed by atoms with Gasteiger partial charge in [-0.3, -0.25) is 4.79 Å². The quantitative estimate of drug-likeness (QED) is 0.816. The molecule has 5 nitrogen and oxygen atoms in total. The number of nitrogens with one attached hydrogen (secondary N) is 1. The molecule has 0 aromatic rings. The number of amides is 1. The molecule has 0 bridgehead atoms. The Hall–Kier alpha value is -0.750. The number of hydrogen-bond donors (Lipinski definition) is 2. The Balaban J connectivity index is 2.18. The summed E-state index contributed by atoms with van der Waals surface area (Å²) in [6, 6.07) is -0.656. The fourth-order valence-corrected chi connectivity index (χ4v) is 4.34. The van der Waals surface area contributed by atoms with E-state index in [2.05, 4.69) is 12.2 Å². The molecule has 6 heteroatoms. The lowest BCUT2D eigenvalue weighted by Crippen LogP contribution is -2.58. The maximum absolute atomic E-state index is 13.0. The van der Waals surface area contributed by atoms with Crippen LogP contribution in [-0.4, -0.2) is 59.1 Å². The summed E-state index contributed by atoms with van der Waals surface area (Å²) in [5, 5.41) is 12.7. The number of thioether (sulfide) groups is 1. The van der Waals surface area contributed by atoms with Crippen molar-refractivity contribution in [3.8, 4) is 0 Å². The minimum Gasteiger partial charge on any atom is -0.480 e. The van der Waals surface area contributed by atoms with Crippen molar-refractivity contribution in [2.45, 2.75) is 38.6 Å². The van der Waals surface area contributed by atoms with Crippen molar-refractivity contribution in [1.82, 2.24) is 10.2 Å². The van der Waals surface area contributed by atoms with E-state index in [4.69, 9.17) is 0 Å². The SMILES string of the molecule is CCCC1(C(=O)N2CCSCC2C(=O)O)CCCNC1. The van der Waals surface area contributed by atoms with Gasteiger partial charge in [-0.25, -0.2) is 4.79 Å². The molecule has 0 aromatic carbocycles. The average Bonchev–Trinajstić information content (AvgIpc) is 2.47. The van der Waals surface area contributed by atoms with Gasteiger partial charge in [-0.05, 0) is 25.8 Å². The summed E-state index contributed by atoms with van der Waals surface area (Å²) in [5.41, 5.74) is -0.386. The molecule has 2 aliphatic rings. The van der Waals surface area contributed by atoms with Crippen LogP contribution in [0.4, 0.5) is 0 Å². The molecule has 2 rings (SSSR count). The fourth-order valence-electron chi connectivity index (χ4n) is 3.31. The van der Waals surface area contributed by atoms with Gasteiger partial charge in [0.05, 0.1) is 5.41 Å². The van der Waals surface area contributed by atoms with E-state index in [0.717, 1.165) is 38.0 Å². The van der Waals surface area contributed by atoms with Crippen molar-refractivity contribution in [2.24, 2.45) is 5.41 Å². The van der Waals surface area contributed by atoms with Crippen LogP contribution >= 0.6 is 11.8 Å². The molecule has 2 heterocycles. The van der Waals surface area contributed by atoms with Crippen molar-refractivity contribution >= 4 is 23.6 Å². The van der Waals surface area contributed by atoms with E-state index in [1.165, 1.54) is 0 Å². The Morgan fingerprint density at radius 3 is 2.90 bits per heavy atom. The van der Waals surface area contributed by atoms with Crippen LogP contribution in [0.15, 0.2) is 0 Å². The Bertz CT molecular complexity index is 364. The van der Waals surface area contributed by atoms with Crippen LogP contribution in [0, 0.1) is 5.41 Å². The number of hydrogen-bond acceptors (Lipinski definition) is 4. The molecule has 0 aromatic heterocycles. The smallest absolute Gasteiger partial charge is 0.327 e. The lowest BCUT2D eigenvalue weighted by molar-refractivity contribution is -0.155. The second-order valence-electron chi connectivity index (χ2n) is 5.74. The third-order valence-corrected chi connectivity index (χ3v) is 5.35. The maximum atomic E-state index is 13.0. The van der Waals surface area contributed by atoms with E-state index in [1.54, 1.807) is 16.7 Å². The standard InChI is InChI=1S/C14H24N2O3S/c1-2-4-14(5-3-6-15-10-14)13(19)16-7-8-20-9-11(16)12(17)18/h11,15H,2-10H2,1H3,(H,17,18). The van der Waals surface area contributed by atoms with E-state index < -0.39 is 12.0 Å². The van der Waals surface area contributed by atoms with Gasteiger partial charge in [-0.15, -0.1) is 0 Å². The minimum absolute atomic E-state index is 0.0549. The number of rotatable bonds is 4. The highest BCUT2D eigenvalue weighted by atomic mass is 32.2. The van der Waals surface area contributed by atoms with Crippen LogP contribution in [0.1, 0.15) is 32.6 Å². The molecule has 2 N–H and O–H groups in total. The number of nitrogens with zero attached hydrogens (tertiary/aromatic N) is 1. The Labute approximate surface area is 124 Å². The number of aliphatic carboxylic acids is 1. The maximum Gasteiger partial charge on any atom is 0.327 e. The molecular formula is C14H24N2O3S. The summed E-state index contributed by atoms with van der Waals surface area (Å²) in [5.74, 6) is 0.530. The topological polar surface area (TPSA) is 69.6 Å². The first kappa shape index (κ1) is 15.6. The molecule has 114 valence electrons. The molecule has 2 atom stereocenters. The van der Waals surface area contributed by atoms with E-state index in [1.807, 2.05) is 0 Å². The third kappa shape index (κ3) is 3.11. The van der Waals surface area contributed by atoms with Gasteiger partial charge in [0.15, 0.2) is 0 Å². The van der Waals surface area contributed by atoms with Crippen molar-refractivity contribution in [1.29, 1.82) is 0 Å². The summed E-state index contributed by atoms with van der Waals surface area (Å²) in [4.78, 5) is 26.0. The molecule has 0 aliphatic carbocycles. The molecule has 20 heavy (non-hydrogen) atoms. The second kappa shape index (κ2) is 6.80. The van der Waals surface area contributed by atoms with Gasteiger partial charge in [0, 0.05) is 24.6 Å². The van der Waals surface area contributed by atoms with Crippen LogP contribution in [-0.2, 0) is 9.59 Å². The first-order valence-corrected chi connectivity index (χ1v) is 8.58.